The number of hydrogen-bond donors (Lipinski definition) is 1. The third-order valence-corrected chi connectivity index (χ3v) is 9.48. The Hall–Kier alpha value is -0.700. The van der Waals surface area contributed by atoms with Crippen molar-refractivity contribution in [3.63, 3.8) is 0 Å². The van der Waals surface area contributed by atoms with E-state index >= 15 is 0 Å². The Morgan fingerprint density at radius 1 is 0.515 bits per heavy atom. The van der Waals surface area contributed by atoms with E-state index in [1.165, 1.54) is 140 Å². The minimum Gasteiger partial charge on any atom is -0.301 e. The monoisotopic (exact) mass is 455 g/mol. The van der Waals surface area contributed by atoms with Gasteiger partial charge in [0, 0.05) is 35.6 Å². The first kappa shape index (κ1) is 25.4. The van der Waals surface area contributed by atoms with Crippen LogP contribution in [0.4, 0.5) is 0 Å². The summed E-state index contributed by atoms with van der Waals surface area (Å²) in [5.74, 6) is 1.66. The Morgan fingerprint density at radius 2 is 0.970 bits per heavy atom. The number of hydrogen-bond acceptors (Lipinski definition) is 3. The lowest BCUT2D eigenvalue weighted by molar-refractivity contribution is 0.195. The van der Waals surface area contributed by atoms with Crippen molar-refractivity contribution in [2.75, 3.05) is 0 Å². The largest absolute Gasteiger partial charge is 0.301 e. The first-order valence-corrected chi connectivity index (χ1v) is 15.1. The highest BCUT2D eigenvalue weighted by molar-refractivity contribution is 5.91. The minimum absolute atomic E-state index is 0.459. The lowest BCUT2D eigenvalue weighted by atomic mass is 9.73. The van der Waals surface area contributed by atoms with Gasteiger partial charge in [0.25, 0.3) is 0 Å². The van der Waals surface area contributed by atoms with Crippen molar-refractivity contribution in [3.05, 3.63) is 0 Å². The molecule has 0 amide bonds. The van der Waals surface area contributed by atoms with Crippen molar-refractivity contribution in [2.45, 2.75) is 166 Å². The zero-order valence-electron chi connectivity index (χ0n) is 22.0. The summed E-state index contributed by atoms with van der Waals surface area (Å²) in [5, 5.41) is 4.17. The van der Waals surface area contributed by atoms with Gasteiger partial charge in [-0.05, 0) is 64.2 Å². The molecular weight excluding hydrogens is 402 g/mol. The molecule has 3 unspecified atom stereocenters. The molecule has 1 heterocycles. The van der Waals surface area contributed by atoms with E-state index in [1.54, 1.807) is 0 Å². The molecule has 0 aromatic rings. The van der Waals surface area contributed by atoms with Crippen LogP contribution in [0.25, 0.3) is 0 Å². The van der Waals surface area contributed by atoms with Gasteiger partial charge in [-0.2, -0.15) is 0 Å². The summed E-state index contributed by atoms with van der Waals surface area (Å²) in [4.78, 5) is 10.6. The summed E-state index contributed by atoms with van der Waals surface area (Å²) in [6.07, 6.45) is 27.8. The predicted octanol–water partition coefficient (Wildman–Crippen LogP) is 8.06. The van der Waals surface area contributed by atoms with E-state index in [-0.39, 0.29) is 0 Å². The molecule has 1 saturated heterocycles. The molecule has 4 rings (SSSR count). The number of aliphatic imine (C=N–C) groups is 2. The van der Waals surface area contributed by atoms with Gasteiger partial charge < -0.3 is 5.32 Å². The molecule has 0 radical (unpaired) electrons. The average Bonchev–Trinajstić information content (AvgIpc) is 2.99. The topological polar surface area (TPSA) is 36.8 Å². The van der Waals surface area contributed by atoms with Gasteiger partial charge in [-0.3, -0.25) is 9.98 Å². The number of piperidine rings is 1. The van der Waals surface area contributed by atoms with Gasteiger partial charge in [0.15, 0.2) is 0 Å². The molecule has 0 spiro atoms. The molecule has 0 aromatic carbocycles. The molecule has 33 heavy (non-hydrogen) atoms. The second kappa shape index (κ2) is 13.4. The van der Waals surface area contributed by atoms with E-state index in [0.29, 0.717) is 24.2 Å². The summed E-state index contributed by atoms with van der Waals surface area (Å²) >= 11 is 0. The van der Waals surface area contributed by atoms with Crippen LogP contribution < -0.4 is 5.32 Å². The van der Waals surface area contributed by atoms with Crippen molar-refractivity contribution in [1.29, 1.82) is 0 Å². The molecule has 3 aliphatic carbocycles. The fourth-order valence-electron chi connectivity index (χ4n) is 7.48. The van der Waals surface area contributed by atoms with Crippen LogP contribution in [0.1, 0.15) is 142 Å². The molecular formula is C30H53N3. The molecule has 1 N–H and O–H groups in total. The fourth-order valence-corrected chi connectivity index (χ4v) is 7.48. The summed E-state index contributed by atoms with van der Waals surface area (Å²) < 4.78 is 0. The van der Waals surface area contributed by atoms with Crippen molar-refractivity contribution in [2.24, 2.45) is 21.8 Å². The van der Waals surface area contributed by atoms with Crippen LogP contribution in [0.2, 0.25) is 0 Å². The Kier molecular flexibility index (Phi) is 10.3. The van der Waals surface area contributed by atoms with Crippen molar-refractivity contribution < 1.29 is 0 Å². The maximum absolute atomic E-state index is 5.39. The Labute approximate surface area is 205 Å². The number of nitrogens with one attached hydrogen (secondary N) is 1. The van der Waals surface area contributed by atoms with Gasteiger partial charge in [0.1, 0.15) is 0 Å². The highest BCUT2D eigenvalue weighted by Gasteiger charge is 2.37. The number of nitrogens with zero attached hydrogens (tertiary/aromatic N) is 2. The van der Waals surface area contributed by atoms with Gasteiger partial charge in [-0.1, -0.05) is 89.9 Å². The van der Waals surface area contributed by atoms with Crippen LogP contribution >= 0.6 is 0 Å². The maximum atomic E-state index is 5.39. The third kappa shape index (κ3) is 7.64. The van der Waals surface area contributed by atoms with Crippen LogP contribution in [0.5, 0.6) is 0 Å². The van der Waals surface area contributed by atoms with E-state index in [4.69, 9.17) is 9.98 Å². The van der Waals surface area contributed by atoms with Crippen molar-refractivity contribution in [3.8, 4) is 0 Å². The van der Waals surface area contributed by atoms with E-state index in [9.17, 15) is 0 Å². The average molecular weight is 456 g/mol. The SMILES string of the molecule is CC(=NC1CCCCC1)C1CCC(C2CCCCCCCC2)C(C(C)=NC2CCCCC2)N1. The second-order valence-electron chi connectivity index (χ2n) is 12.0. The zero-order chi connectivity index (χ0) is 22.9. The van der Waals surface area contributed by atoms with Crippen molar-refractivity contribution >= 4 is 11.4 Å². The van der Waals surface area contributed by atoms with Gasteiger partial charge in [0.05, 0.1) is 0 Å². The molecule has 4 fully saturated rings. The summed E-state index contributed by atoms with van der Waals surface area (Å²) in [6.45, 7) is 4.68. The molecule has 3 saturated carbocycles. The highest BCUT2D eigenvalue weighted by Crippen LogP contribution is 2.36. The normalized spacial score (nSPS) is 33.3. The molecule has 4 aliphatic rings. The summed E-state index contributed by atoms with van der Waals surface area (Å²) in [5.41, 5.74) is 2.80. The van der Waals surface area contributed by atoms with Gasteiger partial charge in [-0.25, -0.2) is 0 Å². The third-order valence-electron chi connectivity index (χ3n) is 9.48. The zero-order valence-corrected chi connectivity index (χ0v) is 22.0. The predicted molar refractivity (Wildman–Crippen MR) is 144 cm³/mol. The molecule has 0 aromatic heterocycles. The van der Waals surface area contributed by atoms with E-state index in [2.05, 4.69) is 19.2 Å². The van der Waals surface area contributed by atoms with Gasteiger partial charge in [0.2, 0.25) is 0 Å². The van der Waals surface area contributed by atoms with E-state index in [0.717, 1.165) is 11.8 Å². The molecule has 3 nitrogen and oxygen atoms in total. The molecule has 3 heteroatoms. The van der Waals surface area contributed by atoms with Crippen LogP contribution in [0, 0.1) is 11.8 Å². The van der Waals surface area contributed by atoms with Crippen LogP contribution in [-0.4, -0.2) is 35.6 Å². The summed E-state index contributed by atoms with van der Waals surface area (Å²) in [6, 6.07) is 2.09. The second-order valence-corrected chi connectivity index (χ2v) is 12.0. The minimum atomic E-state index is 0.459. The summed E-state index contributed by atoms with van der Waals surface area (Å²) in [7, 11) is 0. The molecule has 3 atom stereocenters. The lowest BCUT2D eigenvalue weighted by Gasteiger charge is -2.42. The Morgan fingerprint density at radius 3 is 1.55 bits per heavy atom. The van der Waals surface area contributed by atoms with Crippen molar-refractivity contribution in [1.82, 2.24) is 5.32 Å². The Bertz CT molecular complexity index is 616. The molecule has 0 bridgehead atoms. The van der Waals surface area contributed by atoms with E-state index in [1.807, 2.05) is 0 Å². The van der Waals surface area contributed by atoms with E-state index < -0.39 is 0 Å². The van der Waals surface area contributed by atoms with Gasteiger partial charge >= 0.3 is 0 Å². The molecule has 1 aliphatic heterocycles. The standard InChI is InChI=1S/C30H53N3/c1-23(31-26-17-11-7-12-18-26)29-22-21-28(25-15-9-5-3-4-6-10-16-25)30(33-29)24(2)32-27-19-13-8-14-20-27/h25-30,33H,3-22H2,1-2H3. The maximum Gasteiger partial charge on any atom is 0.0499 e. The van der Waals surface area contributed by atoms with Crippen LogP contribution in [0.15, 0.2) is 9.98 Å². The Balaban J connectivity index is 1.49. The number of rotatable bonds is 5. The fraction of sp³-hybridized carbons (Fsp3) is 0.933. The quantitative estimate of drug-likeness (QED) is 0.418. The lowest BCUT2D eigenvalue weighted by Crippen LogP contribution is -2.55. The van der Waals surface area contributed by atoms with Gasteiger partial charge in [-0.15, -0.1) is 0 Å². The smallest absolute Gasteiger partial charge is 0.0499 e. The first-order chi connectivity index (χ1) is 16.2. The van der Waals surface area contributed by atoms with Crippen LogP contribution in [0.3, 0.4) is 0 Å². The highest BCUT2D eigenvalue weighted by atomic mass is 15.0. The first-order valence-electron chi connectivity index (χ1n) is 15.1. The molecule has 188 valence electrons. The van der Waals surface area contributed by atoms with Crippen LogP contribution in [-0.2, 0) is 0 Å².